The second-order valence-corrected chi connectivity index (χ2v) is 7.19. The topological polar surface area (TPSA) is 29.5 Å². The summed E-state index contributed by atoms with van der Waals surface area (Å²) in [5.74, 6) is -0.828. The zero-order chi connectivity index (χ0) is 18.8. The normalized spacial score (nSPS) is 21.1. The van der Waals surface area contributed by atoms with Crippen LogP contribution in [0.2, 0.25) is 0 Å². The van der Waals surface area contributed by atoms with Crippen molar-refractivity contribution in [3.05, 3.63) is 82.9 Å². The van der Waals surface area contributed by atoms with Crippen molar-refractivity contribution >= 4 is 6.09 Å². The second-order valence-electron chi connectivity index (χ2n) is 7.19. The fraction of sp³-hybridized carbons (Fsp3) is 0.318. The summed E-state index contributed by atoms with van der Waals surface area (Å²) in [5.41, 5.74) is 2.37. The number of ether oxygens (including phenoxy) is 1. The van der Waals surface area contributed by atoms with E-state index in [2.05, 4.69) is 0 Å². The minimum atomic E-state index is -0.433. The lowest BCUT2D eigenvalue weighted by Crippen LogP contribution is -2.43. The molecule has 2 unspecified atom stereocenters. The molecule has 2 aromatic rings. The summed E-state index contributed by atoms with van der Waals surface area (Å²) < 4.78 is 32.8. The zero-order valence-electron chi connectivity index (χ0n) is 14.9. The van der Waals surface area contributed by atoms with E-state index >= 15 is 0 Å². The highest BCUT2D eigenvalue weighted by Crippen LogP contribution is 2.36. The van der Waals surface area contributed by atoms with Gasteiger partial charge in [-0.2, -0.15) is 0 Å². The lowest BCUT2D eigenvalue weighted by molar-refractivity contribution is 0.0815. The summed E-state index contributed by atoms with van der Waals surface area (Å²) in [4.78, 5) is 14.4. The molecule has 0 spiro atoms. The monoisotopic (exact) mass is 369 g/mol. The zero-order valence-corrected chi connectivity index (χ0v) is 14.9. The molecule has 5 heteroatoms. The number of hydrogen-bond donors (Lipinski definition) is 0. The molecule has 0 N–H and O–H groups in total. The molecule has 4 rings (SSSR count). The molecule has 2 aromatic carbocycles. The van der Waals surface area contributed by atoms with E-state index in [4.69, 9.17) is 4.74 Å². The Labute approximate surface area is 157 Å². The Bertz CT molecular complexity index is 866. The first-order chi connectivity index (χ1) is 13.1. The second kappa shape index (κ2) is 7.51. The molecule has 0 aliphatic carbocycles. The van der Waals surface area contributed by atoms with E-state index < -0.39 is 11.6 Å². The molecule has 2 bridgehead atoms. The van der Waals surface area contributed by atoms with Crippen molar-refractivity contribution in [1.29, 1.82) is 0 Å². The van der Waals surface area contributed by atoms with Crippen LogP contribution in [-0.2, 0) is 17.8 Å². The van der Waals surface area contributed by atoms with E-state index in [1.807, 2.05) is 36.4 Å². The predicted molar refractivity (Wildman–Crippen MR) is 98.0 cm³/mol. The summed E-state index contributed by atoms with van der Waals surface area (Å²) in [6, 6.07) is 13.2. The van der Waals surface area contributed by atoms with Gasteiger partial charge in [-0.25, -0.2) is 13.6 Å². The Hall–Kier alpha value is -2.69. The first-order valence-corrected chi connectivity index (χ1v) is 9.22. The van der Waals surface area contributed by atoms with E-state index in [1.54, 1.807) is 4.90 Å². The van der Waals surface area contributed by atoms with Gasteiger partial charge in [0.25, 0.3) is 0 Å². The van der Waals surface area contributed by atoms with Crippen molar-refractivity contribution in [3.8, 4) is 0 Å². The third-order valence-corrected chi connectivity index (χ3v) is 5.31. The van der Waals surface area contributed by atoms with Gasteiger partial charge in [0.05, 0.1) is 6.04 Å². The molecule has 1 saturated heterocycles. The third-order valence-electron chi connectivity index (χ3n) is 5.31. The third kappa shape index (κ3) is 3.87. The maximum atomic E-state index is 13.9. The van der Waals surface area contributed by atoms with Crippen molar-refractivity contribution in [3.63, 3.8) is 0 Å². The average Bonchev–Trinajstić information content (AvgIpc) is 2.94. The SMILES string of the molecule is O=C(OCc1ccccc1)N1C2C=C(Cc3cc(F)ccc3F)CC1CC2. The van der Waals surface area contributed by atoms with Crippen LogP contribution < -0.4 is 0 Å². The summed E-state index contributed by atoms with van der Waals surface area (Å²) >= 11 is 0. The summed E-state index contributed by atoms with van der Waals surface area (Å²) in [6.07, 6.45) is 4.55. The van der Waals surface area contributed by atoms with Crippen LogP contribution in [0.25, 0.3) is 0 Å². The smallest absolute Gasteiger partial charge is 0.410 e. The van der Waals surface area contributed by atoms with E-state index in [9.17, 15) is 13.6 Å². The van der Waals surface area contributed by atoms with E-state index in [0.717, 1.165) is 36.1 Å². The molecule has 140 valence electrons. The summed E-state index contributed by atoms with van der Waals surface area (Å²) in [6.45, 7) is 0.251. The van der Waals surface area contributed by atoms with Crippen molar-refractivity contribution in [2.45, 2.75) is 44.4 Å². The van der Waals surface area contributed by atoms with Crippen molar-refractivity contribution in [2.75, 3.05) is 0 Å². The van der Waals surface area contributed by atoms with Crippen LogP contribution in [0.15, 0.2) is 60.2 Å². The van der Waals surface area contributed by atoms with Gasteiger partial charge < -0.3 is 4.74 Å². The van der Waals surface area contributed by atoms with E-state index in [1.165, 1.54) is 6.07 Å². The Morgan fingerprint density at radius 3 is 2.70 bits per heavy atom. The molecular weight excluding hydrogens is 348 g/mol. The Balaban J connectivity index is 1.43. The minimum absolute atomic E-state index is 0.0290. The average molecular weight is 369 g/mol. The summed E-state index contributed by atoms with van der Waals surface area (Å²) in [7, 11) is 0. The van der Waals surface area contributed by atoms with Gasteiger partial charge in [-0.05, 0) is 55.0 Å². The van der Waals surface area contributed by atoms with Crippen LogP contribution >= 0.6 is 0 Å². The van der Waals surface area contributed by atoms with E-state index in [-0.39, 0.29) is 24.8 Å². The van der Waals surface area contributed by atoms with Gasteiger partial charge in [0.1, 0.15) is 18.2 Å². The van der Waals surface area contributed by atoms with Crippen LogP contribution in [0.3, 0.4) is 0 Å². The molecule has 0 radical (unpaired) electrons. The molecule has 3 nitrogen and oxygen atoms in total. The van der Waals surface area contributed by atoms with Gasteiger partial charge in [0.15, 0.2) is 0 Å². The van der Waals surface area contributed by atoms with Gasteiger partial charge in [-0.1, -0.05) is 42.0 Å². The quantitative estimate of drug-likeness (QED) is 0.709. The van der Waals surface area contributed by atoms with Gasteiger partial charge >= 0.3 is 6.09 Å². The number of nitrogens with zero attached hydrogens (tertiary/aromatic N) is 1. The van der Waals surface area contributed by atoms with Gasteiger partial charge in [0.2, 0.25) is 0 Å². The maximum Gasteiger partial charge on any atom is 0.410 e. The van der Waals surface area contributed by atoms with Crippen molar-refractivity contribution < 1.29 is 18.3 Å². The van der Waals surface area contributed by atoms with Gasteiger partial charge in [-0.15, -0.1) is 0 Å². The van der Waals surface area contributed by atoms with Crippen LogP contribution in [0.4, 0.5) is 13.6 Å². The highest BCUT2D eigenvalue weighted by molar-refractivity contribution is 5.70. The maximum absolute atomic E-state index is 13.9. The Kier molecular flexibility index (Phi) is 4.92. The fourth-order valence-electron chi connectivity index (χ4n) is 4.05. The highest BCUT2D eigenvalue weighted by atomic mass is 19.1. The molecule has 2 aliphatic rings. The lowest BCUT2D eigenvalue weighted by atomic mass is 9.95. The molecule has 2 atom stereocenters. The number of hydrogen-bond acceptors (Lipinski definition) is 2. The molecule has 2 aliphatic heterocycles. The number of carbonyl (C=O) groups is 1. The predicted octanol–water partition coefficient (Wildman–Crippen LogP) is 5.01. The molecule has 27 heavy (non-hydrogen) atoms. The molecule has 0 saturated carbocycles. The lowest BCUT2D eigenvalue weighted by Gasteiger charge is -2.33. The number of carbonyl (C=O) groups excluding carboxylic acids is 1. The standard InChI is InChI=1S/C22H21F2NO2/c23-18-6-9-21(24)17(13-18)10-16-11-19-7-8-20(12-16)25(19)22(26)27-14-15-4-2-1-3-5-15/h1-6,9,11,13,19-20H,7-8,10,12,14H2. The molecule has 1 amide bonds. The van der Waals surface area contributed by atoms with Crippen molar-refractivity contribution in [1.82, 2.24) is 4.90 Å². The number of halogens is 2. The number of benzene rings is 2. The summed E-state index contributed by atoms with van der Waals surface area (Å²) in [5, 5.41) is 0. The molecular formula is C22H21F2NO2. The highest BCUT2D eigenvalue weighted by Gasteiger charge is 2.40. The fourth-order valence-corrected chi connectivity index (χ4v) is 4.05. The van der Waals surface area contributed by atoms with Gasteiger partial charge in [-0.3, -0.25) is 4.90 Å². The number of rotatable bonds is 4. The first-order valence-electron chi connectivity index (χ1n) is 9.22. The Morgan fingerprint density at radius 1 is 1.11 bits per heavy atom. The van der Waals surface area contributed by atoms with Crippen LogP contribution in [0, 0.1) is 11.6 Å². The van der Waals surface area contributed by atoms with Gasteiger partial charge in [0, 0.05) is 6.04 Å². The van der Waals surface area contributed by atoms with Crippen LogP contribution in [0.5, 0.6) is 0 Å². The largest absolute Gasteiger partial charge is 0.445 e. The number of amides is 1. The molecule has 0 aromatic heterocycles. The first kappa shape index (κ1) is 17.7. The molecule has 1 fully saturated rings. The van der Waals surface area contributed by atoms with E-state index in [0.29, 0.717) is 18.4 Å². The molecule has 2 heterocycles. The number of fused-ring (bicyclic) bond motifs is 2. The van der Waals surface area contributed by atoms with Crippen molar-refractivity contribution in [2.24, 2.45) is 0 Å². The minimum Gasteiger partial charge on any atom is -0.445 e. The van der Waals surface area contributed by atoms with Crippen LogP contribution in [0.1, 0.15) is 30.4 Å². The Morgan fingerprint density at radius 2 is 1.93 bits per heavy atom. The van der Waals surface area contributed by atoms with Crippen LogP contribution in [-0.4, -0.2) is 23.1 Å².